The molecule has 84 valence electrons. The second-order valence-corrected chi connectivity index (χ2v) is 4.97. The highest BCUT2D eigenvalue weighted by molar-refractivity contribution is 5.08. The quantitative estimate of drug-likeness (QED) is 0.782. The highest BCUT2D eigenvalue weighted by Crippen LogP contribution is 2.29. The molecule has 1 aliphatic carbocycles. The summed E-state index contributed by atoms with van der Waals surface area (Å²) in [4.78, 5) is 3.10. The summed E-state index contributed by atoms with van der Waals surface area (Å²) in [5.74, 6) is 1.69. The maximum atomic E-state index is 3.68. The number of aromatic nitrogens is 1. The van der Waals surface area contributed by atoms with Crippen molar-refractivity contribution >= 4 is 0 Å². The fourth-order valence-corrected chi connectivity index (χ4v) is 2.59. The maximum Gasteiger partial charge on any atom is 0.0223 e. The van der Waals surface area contributed by atoms with Crippen LogP contribution in [0.15, 0.2) is 18.5 Å². The van der Waals surface area contributed by atoms with E-state index in [4.69, 9.17) is 0 Å². The molecule has 0 aromatic carbocycles. The van der Waals surface area contributed by atoms with Gasteiger partial charge in [0, 0.05) is 25.0 Å². The van der Waals surface area contributed by atoms with Crippen molar-refractivity contribution in [1.29, 1.82) is 0 Å². The van der Waals surface area contributed by atoms with Gasteiger partial charge >= 0.3 is 0 Å². The normalized spacial score (nSPS) is 31.7. The van der Waals surface area contributed by atoms with Gasteiger partial charge in [-0.05, 0) is 29.9 Å². The van der Waals surface area contributed by atoms with E-state index in [1.807, 2.05) is 6.20 Å². The Morgan fingerprint density at radius 1 is 1.40 bits per heavy atom. The smallest absolute Gasteiger partial charge is 0.0223 e. The van der Waals surface area contributed by atoms with Crippen LogP contribution in [0.4, 0.5) is 0 Å². The third-order valence-electron chi connectivity index (χ3n) is 3.94. The van der Waals surface area contributed by atoms with E-state index in [-0.39, 0.29) is 0 Å². The Kier molecular flexibility index (Phi) is 3.47. The van der Waals surface area contributed by atoms with Gasteiger partial charge in [-0.2, -0.15) is 0 Å². The van der Waals surface area contributed by atoms with Crippen LogP contribution in [0, 0.1) is 11.8 Å². The van der Waals surface area contributed by atoms with Gasteiger partial charge in [0.2, 0.25) is 0 Å². The lowest BCUT2D eigenvalue weighted by Gasteiger charge is -2.34. The first-order chi connectivity index (χ1) is 7.27. The van der Waals surface area contributed by atoms with Crippen molar-refractivity contribution in [3.8, 4) is 0 Å². The summed E-state index contributed by atoms with van der Waals surface area (Å²) in [5, 5.41) is 3.68. The van der Waals surface area contributed by atoms with Gasteiger partial charge in [-0.15, -0.1) is 0 Å². The molecule has 2 heteroatoms. The Hall–Kier alpha value is -0.760. The van der Waals surface area contributed by atoms with Gasteiger partial charge in [0.15, 0.2) is 0 Å². The molecule has 0 saturated heterocycles. The van der Waals surface area contributed by atoms with E-state index in [1.165, 1.54) is 24.8 Å². The van der Waals surface area contributed by atoms with Crippen LogP contribution in [0.5, 0.6) is 0 Å². The number of H-pyrrole nitrogens is 1. The molecule has 1 saturated carbocycles. The molecule has 0 spiro atoms. The maximum absolute atomic E-state index is 3.68. The zero-order valence-electron chi connectivity index (χ0n) is 9.79. The number of hydrogen-bond donors (Lipinski definition) is 2. The van der Waals surface area contributed by atoms with Gasteiger partial charge in [-0.1, -0.05) is 26.7 Å². The summed E-state index contributed by atoms with van der Waals surface area (Å²) in [6.45, 7) is 5.78. The molecule has 15 heavy (non-hydrogen) atoms. The van der Waals surface area contributed by atoms with Crippen molar-refractivity contribution in [1.82, 2.24) is 10.3 Å². The van der Waals surface area contributed by atoms with Crippen LogP contribution >= 0.6 is 0 Å². The van der Waals surface area contributed by atoms with E-state index in [9.17, 15) is 0 Å². The van der Waals surface area contributed by atoms with Crippen LogP contribution in [0.3, 0.4) is 0 Å². The zero-order chi connectivity index (χ0) is 10.7. The molecule has 1 aromatic rings. The molecule has 2 N–H and O–H groups in total. The van der Waals surface area contributed by atoms with Crippen LogP contribution < -0.4 is 5.32 Å². The van der Waals surface area contributed by atoms with E-state index in [2.05, 4.69) is 36.4 Å². The summed E-state index contributed by atoms with van der Waals surface area (Å²) < 4.78 is 0. The van der Waals surface area contributed by atoms with Crippen LogP contribution in [-0.2, 0) is 6.54 Å². The fourth-order valence-electron chi connectivity index (χ4n) is 2.59. The van der Waals surface area contributed by atoms with Gasteiger partial charge in [-0.25, -0.2) is 0 Å². The SMILES string of the molecule is CC1CCCC(NCc2cc[nH]c2)C1C. The largest absolute Gasteiger partial charge is 0.367 e. The third kappa shape index (κ3) is 2.63. The molecule has 2 rings (SSSR count). The lowest BCUT2D eigenvalue weighted by atomic mass is 9.78. The van der Waals surface area contributed by atoms with E-state index in [0.717, 1.165) is 18.4 Å². The summed E-state index contributed by atoms with van der Waals surface area (Å²) in [6, 6.07) is 2.85. The lowest BCUT2D eigenvalue weighted by Crippen LogP contribution is -2.40. The second kappa shape index (κ2) is 4.84. The van der Waals surface area contributed by atoms with Crippen LogP contribution in [0.1, 0.15) is 38.7 Å². The lowest BCUT2D eigenvalue weighted by molar-refractivity contribution is 0.206. The van der Waals surface area contributed by atoms with Crippen molar-refractivity contribution in [3.05, 3.63) is 24.0 Å². The summed E-state index contributed by atoms with van der Waals surface area (Å²) in [7, 11) is 0. The monoisotopic (exact) mass is 206 g/mol. The Balaban J connectivity index is 1.83. The number of aromatic amines is 1. The Morgan fingerprint density at radius 3 is 3.00 bits per heavy atom. The first-order valence-corrected chi connectivity index (χ1v) is 6.12. The molecule has 0 aliphatic heterocycles. The molecular formula is C13H22N2. The summed E-state index contributed by atoms with van der Waals surface area (Å²) in [6.07, 6.45) is 8.20. The van der Waals surface area contributed by atoms with Crippen molar-refractivity contribution < 1.29 is 0 Å². The average molecular weight is 206 g/mol. The van der Waals surface area contributed by atoms with Gasteiger partial charge in [0.05, 0.1) is 0 Å². The Labute approximate surface area is 92.5 Å². The zero-order valence-corrected chi connectivity index (χ0v) is 9.79. The molecule has 0 radical (unpaired) electrons. The van der Waals surface area contributed by atoms with Crippen molar-refractivity contribution in [2.24, 2.45) is 11.8 Å². The molecule has 0 amide bonds. The first-order valence-electron chi connectivity index (χ1n) is 6.12. The molecule has 3 atom stereocenters. The highest BCUT2D eigenvalue weighted by atomic mass is 14.9. The molecule has 1 fully saturated rings. The van der Waals surface area contributed by atoms with Gasteiger partial charge in [0.1, 0.15) is 0 Å². The van der Waals surface area contributed by atoms with Crippen molar-refractivity contribution in [2.45, 2.75) is 45.7 Å². The van der Waals surface area contributed by atoms with E-state index in [1.54, 1.807) is 0 Å². The molecule has 1 aromatic heterocycles. The third-order valence-corrected chi connectivity index (χ3v) is 3.94. The standard InChI is InChI=1S/C13H22N2/c1-10-4-3-5-13(11(10)2)15-9-12-6-7-14-8-12/h6-8,10-11,13-15H,3-5,9H2,1-2H3. The molecule has 3 unspecified atom stereocenters. The van der Waals surface area contributed by atoms with Crippen LogP contribution in [-0.4, -0.2) is 11.0 Å². The van der Waals surface area contributed by atoms with Crippen LogP contribution in [0.2, 0.25) is 0 Å². The fraction of sp³-hybridized carbons (Fsp3) is 0.692. The predicted molar refractivity (Wildman–Crippen MR) is 63.6 cm³/mol. The predicted octanol–water partition coefficient (Wildman–Crippen LogP) is 2.93. The Morgan fingerprint density at radius 2 is 2.27 bits per heavy atom. The van der Waals surface area contributed by atoms with E-state index in [0.29, 0.717) is 6.04 Å². The van der Waals surface area contributed by atoms with Crippen molar-refractivity contribution in [3.63, 3.8) is 0 Å². The molecule has 1 heterocycles. The second-order valence-electron chi connectivity index (χ2n) is 4.97. The summed E-state index contributed by atoms with van der Waals surface area (Å²) >= 11 is 0. The highest BCUT2D eigenvalue weighted by Gasteiger charge is 2.26. The summed E-state index contributed by atoms with van der Waals surface area (Å²) in [5.41, 5.74) is 1.36. The Bertz CT molecular complexity index is 279. The van der Waals surface area contributed by atoms with Crippen LogP contribution in [0.25, 0.3) is 0 Å². The average Bonchev–Trinajstić information content (AvgIpc) is 2.73. The van der Waals surface area contributed by atoms with Gasteiger partial charge < -0.3 is 10.3 Å². The molecular weight excluding hydrogens is 184 g/mol. The van der Waals surface area contributed by atoms with Gasteiger partial charge in [0.25, 0.3) is 0 Å². The minimum absolute atomic E-state index is 0.712. The topological polar surface area (TPSA) is 27.8 Å². The van der Waals surface area contributed by atoms with Crippen molar-refractivity contribution in [2.75, 3.05) is 0 Å². The van der Waals surface area contributed by atoms with Gasteiger partial charge in [-0.3, -0.25) is 0 Å². The molecule has 0 bridgehead atoms. The minimum atomic E-state index is 0.712. The number of nitrogens with one attached hydrogen (secondary N) is 2. The van der Waals surface area contributed by atoms with E-state index < -0.39 is 0 Å². The molecule has 1 aliphatic rings. The first kappa shape index (κ1) is 10.7. The molecule has 2 nitrogen and oxygen atoms in total. The number of rotatable bonds is 3. The minimum Gasteiger partial charge on any atom is -0.367 e. The number of hydrogen-bond acceptors (Lipinski definition) is 1. The van der Waals surface area contributed by atoms with E-state index >= 15 is 0 Å².